The molecule has 1 heterocycles. The quantitative estimate of drug-likeness (QED) is 0.432. The van der Waals surface area contributed by atoms with Gasteiger partial charge in [0, 0.05) is 15.4 Å². The summed E-state index contributed by atoms with van der Waals surface area (Å²) in [5.74, 6) is -0.477. The number of nitro groups is 1. The predicted octanol–water partition coefficient (Wildman–Crippen LogP) is 2.19. The van der Waals surface area contributed by atoms with E-state index in [4.69, 9.17) is 5.26 Å². The first-order valence-electron chi connectivity index (χ1n) is 3.89. The third kappa shape index (κ3) is 2.41. The lowest BCUT2D eigenvalue weighted by molar-refractivity contribution is -0.481. The normalized spacial score (nSPS) is 11.6. The number of nitriles is 1. The van der Waals surface area contributed by atoms with Crippen molar-refractivity contribution in [3.63, 3.8) is 0 Å². The third-order valence-corrected chi connectivity index (χ3v) is 2.77. The molecule has 0 N–H and O–H groups in total. The summed E-state index contributed by atoms with van der Waals surface area (Å²) in [4.78, 5) is 10.8. The molecule has 1 atom stereocenters. The molecule has 0 amide bonds. The second-order valence-corrected chi connectivity index (χ2v) is 3.70. The molecule has 4 nitrogen and oxygen atoms in total. The van der Waals surface area contributed by atoms with E-state index in [0.29, 0.717) is 0 Å². The van der Waals surface area contributed by atoms with E-state index >= 15 is 0 Å². The van der Waals surface area contributed by atoms with Gasteiger partial charge < -0.3 is 0 Å². The van der Waals surface area contributed by atoms with Crippen LogP contribution < -0.4 is 0 Å². The lowest BCUT2D eigenvalue weighted by atomic mass is 10.0. The van der Waals surface area contributed by atoms with Gasteiger partial charge in [0.25, 0.3) is 0 Å². The highest BCUT2D eigenvalue weighted by Gasteiger charge is 2.21. The molecule has 1 aromatic heterocycles. The zero-order valence-electron chi connectivity index (χ0n) is 7.34. The highest BCUT2D eigenvalue weighted by atomic mass is 32.1. The monoisotopic (exact) mass is 208 g/mol. The molecule has 0 radical (unpaired) electrons. The number of thiophene rings is 1. The molecule has 0 fully saturated rings. The highest BCUT2D eigenvalue weighted by molar-refractivity contribution is 7.10. The smallest absolute Gasteiger partial charge is 0.216 e. The van der Waals surface area contributed by atoms with Crippen LogP contribution in [0.25, 0.3) is 0 Å². The molecule has 1 unspecified atom stereocenters. The molecule has 0 saturated heterocycles. The van der Waals surface area contributed by atoms with Crippen LogP contribution >= 0.6 is 11.3 Å². The van der Waals surface area contributed by atoms with Crippen molar-refractivity contribution in [2.75, 3.05) is 6.54 Å². The van der Waals surface area contributed by atoms with Gasteiger partial charge in [0.05, 0.1) is 12.0 Å². The molecule has 0 aliphatic heterocycles. The van der Waals surface area contributed by atoms with Gasteiger partial charge in [0.15, 0.2) is 0 Å². The van der Waals surface area contributed by atoms with Crippen LogP contribution in [0.3, 0.4) is 0 Å². The number of nitrogens with zero attached hydrogens (tertiary/aromatic N) is 2. The first kappa shape index (κ1) is 10.4. The molecular formula is C9H8N2O2S. The fraction of sp³-hybridized carbons (Fsp3) is 0.222. The molecule has 5 heteroatoms. The van der Waals surface area contributed by atoms with E-state index in [1.54, 1.807) is 12.1 Å². The Morgan fingerprint density at radius 2 is 2.57 bits per heavy atom. The van der Waals surface area contributed by atoms with Crippen molar-refractivity contribution >= 4 is 11.3 Å². The van der Waals surface area contributed by atoms with Crippen molar-refractivity contribution in [3.8, 4) is 6.07 Å². The van der Waals surface area contributed by atoms with Gasteiger partial charge in [-0.25, -0.2) is 0 Å². The van der Waals surface area contributed by atoms with Crippen LogP contribution in [0.5, 0.6) is 0 Å². The van der Waals surface area contributed by atoms with Crippen LogP contribution in [0.1, 0.15) is 10.8 Å². The first-order valence-corrected chi connectivity index (χ1v) is 4.77. The summed E-state index contributed by atoms with van der Waals surface area (Å²) >= 11 is 1.40. The average molecular weight is 208 g/mol. The summed E-state index contributed by atoms with van der Waals surface area (Å²) in [5.41, 5.74) is 0.240. The second kappa shape index (κ2) is 4.53. The zero-order chi connectivity index (χ0) is 10.6. The maximum Gasteiger partial charge on any atom is 0.216 e. The Morgan fingerprint density at radius 1 is 1.86 bits per heavy atom. The number of hydrogen-bond donors (Lipinski definition) is 0. The van der Waals surface area contributed by atoms with Gasteiger partial charge in [-0.3, -0.25) is 10.1 Å². The minimum atomic E-state index is -0.477. The summed E-state index contributed by atoms with van der Waals surface area (Å²) in [7, 11) is 0. The van der Waals surface area contributed by atoms with E-state index in [1.165, 1.54) is 11.3 Å². The van der Waals surface area contributed by atoms with Crippen LogP contribution in [0, 0.1) is 21.4 Å². The van der Waals surface area contributed by atoms with Gasteiger partial charge in [-0.1, -0.05) is 12.6 Å². The van der Waals surface area contributed by atoms with E-state index in [9.17, 15) is 10.1 Å². The summed E-state index contributed by atoms with van der Waals surface area (Å²) in [6.45, 7) is 3.25. The number of hydrogen-bond acceptors (Lipinski definition) is 4. The molecule has 0 spiro atoms. The first-order chi connectivity index (χ1) is 6.65. The molecule has 0 bridgehead atoms. The van der Waals surface area contributed by atoms with Gasteiger partial charge in [-0.05, 0) is 11.4 Å². The Hall–Kier alpha value is -1.67. The van der Waals surface area contributed by atoms with Crippen LogP contribution in [-0.2, 0) is 0 Å². The maximum atomic E-state index is 10.4. The van der Waals surface area contributed by atoms with Crippen LogP contribution in [0.2, 0.25) is 0 Å². The fourth-order valence-electron chi connectivity index (χ4n) is 1.09. The zero-order valence-corrected chi connectivity index (χ0v) is 8.16. The van der Waals surface area contributed by atoms with E-state index < -0.39 is 10.8 Å². The van der Waals surface area contributed by atoms with Crippen molar-refractivity contribution in [1.29, 1.82) is 5.26 Å². The Morgan fingerprint density at radius 3 is 3.00 bits per heavy atom. The molecule has 0 saturated carbocycles. The van der Waals surface area contributed by atoms with E-state index in [0.717, 1.165) is 4.88 Å². The van der Waals surface area contributed by atoms with Gasteiger partial charge in [-0.2, -0.15) is 5.26 Å². The topological polar surface area (TPSA) is 66.9 Å². The SMILES string of the molecule is C=C(C#N)C(C[N+](=O)[O-])c1cccs1. The molecule has 1 aromatic rings. The molecule has 0 aliphatic carbocycles. The Balaban J connectivity index is 2.89. The van der Waals surface area contributed by atoms with Gasteiger partial charge in [-0.15, -0.1) is 11.3 Å². The lowest BCUT2D eigenvalue weighted by Gasteiger charge is -2.07. The second-order valence-electron chi connectivity index (χ2n) is 2.72. The Kier molecular flexibility index (Phi) is 3.37. The van der Waals surface area contributed by atoms with Crippen LogP contribution in [0.4, 0.5) is 0 Å². The Labute approximate surface area is 85.3 Å². The molecule has 0 aliphatic rings. The van der Waals surface area contributed by atoms with Gasteiger partial charge in [0.1, 0.15) is 0 Å². The van der Waals surface area contributed by atoms with Crippen molar-refractivity contribution in [2.24, 2.45) is 0 Å². The predicted molar refractivity (Wildman–Crippen MR) is 53.7 cm³/mol. The molecule has 14 heavy (non-hydrogen) atoms. The van der Waals surface area contributed by atoms with Crippen LogP contribution in [0.15, 0.2) is 29.7 Å². The molecular weight excluding hydrogens is 200 g/mol. The standard InChI is InChI=1S/C9H8N2O2S/c1-7(5-10)8(6-11(12)13)9-3-2-4-14-9/h2-4,8H,1,6H2. The summed E-state index contributed by atoms with van der Waals surface area (Å²) in [6, 6.07) is 5.45. The van der Waals surface area contributed by atoms with E-state index in [-0.39, 0.29) is 12.1 Å². The average Bonchev–Trinajstić information content (AvgIpc) is 2.65. The lowest BCUT2D eigenvalue weighted by Crippen LogP contribution is -2.12. The highest BCUT2D eigenvalue weighted by Crippen LogP contribution is 2.26. The summed E-state index contributed by atoms with van der Waals surface area (Å²) < 4.78 is 0. The van der Waals surface area contributed by atoms with Crippen LogP contribution in [-0.4, -0.2) is 11.5 Å². The molecule has 72 valence electrons. The maximum absolute atomic E-state index is 10.4. The number of rotatable bonds is 4. The summed E-state index contributed by atoms with van der Waals surface area (Å²) in [5, 5.41) is 20.9. The fourth-order valence-corrected chi connectivity index (χ4v) is 1.94. The summed E-state index contributed by atoms with van der Waals surface area (Å²) in [6.07, 6.45) is 0. The van der Waals surface area contributed by atoms with Crippen molar-refractivity contribution in [2.45, 2.75) is 5.92 Å². The van der Waals surface area contributed by atoms with Crippen molar-refractivity contribution in [3.05, 3.63) is 44.7 Å². The van der Waals surface area contributed by atoms with Crippen molar-refractivity contribution < 1.29 is 4.92 Å². The van der Waals surface area contributed by atoms with Crippen molar-refractivity contribution in [1.82, 2.24) is 0 Å². The largest absolute Gasteiger partial charge is 0.265 e. The van der Waals surface area contributed by atoms with Gasteiger partial charge in [0.2, 0.25) is 6.54 Å². The minimum absolute atomic E-state index is 0.240. The van der Waals surface area contributed by atoms with E-state index in [1.807, 2.05) is 11.4 Å². The minimum Gasteiger partial charge on any atom is -0.265 e. The van der Waals surface area contributed by atoms with Gasteiger partial charge >= 0.3 is 0 Å². The Bertz CT molecular complexity index is 378. The third-order valence-electron chi connectivity index (χ3n) is 1.78. The molecule has 1 rings (SSSR count). The molecule has 0 aromatic carbocycles. The van der Waals surface area contributed by atoms with E-state index in [2.05, 4.69) is 6.58 Å².